The van der Waals surface area contributed by atoms with Crippen molar-refractivity contribution in [3.63, 3.8) is 0 Å². The third-order valence-electron chi connectivity index (χ3n) is 2.91. The summed E-state index contributed by atoms with van der Waals surface area (Å²) in [6.45, 7) is 13.7. The highest BCUT2D eigenvalue weighted by atomic mass is 32.2. The molecule has 0 N–H and O–H groups in total. The van der Waals surface area contributed by atoms with Crippen LogP contribution in [-0.4, -0.2) is 25.3 Å². The molecule has 1 heterocycles. The van der Waals surface area contributed by atoms with Crippen LogP contribution in [0.2, 0.25) is 0 Å². The molecule has 0 radical (unpaired) electrons. The van der Waals surface area contributed by atoms with Crippen molar-refractivity contribution in [1.82, 2.24) is 4.31 Å². The fraction of sp³-hybridized carbons (Fsp3) is 0.692. The van der Waals surface area contributed by atoms with E-state index in [9.17, 15) is 4.21 Å². The lowest BCUT2D eigenvalue weighted by molar-refractivity contribution is 0.369. The van der Waals surface area contributed by atoms with Crippen LogP contribution in [0, 0.1) is 0 Å². The van der Waals surface area contributed by atoms with Crippen LogP contribution in [-0.2, 0) is 11.0 Å². The molecule has 0 aromatic rings. The Balaban J connectivity index is 2.89. The molecule has 1 saturated heterocycles. The Morgan fingerprint density at radius 1 is 1.38 bits per heavy atom. The molecule has 1 rings (SSSR count). The van der Waals surface area contributed by atoms with Crippen molar-refractivity contribution in [1.29, 1.82) is 0 Å². The average molecular weight is 241 g/mol. The monoisotopic (exact) mass is 241 g/mol. The van der Waals surface area contributed by atoms with E-state index in [1.807, 2.05) is 32.9 Å². The minimum Gasteiger partial charge on any atom is -0.242 e. The molecule has 0 unspecified atom stereocenters. The van der Waals surface area contributed by atoms with Crippen LogP contribution < -0.4 is 0 Å². The highest BCUT2D eigenvalue weighted by Gasteiger charge is 2.39. The van der Waals surface area contributed by atoms with Gasteiger partial charge in [0, 0.05) is 12.1 Å². The van der Waals surface area contributed by atoms with Crippen LogP contribution in [0.3, 0.4) is 0 Å². The predicted octanol–water partition coefficient (Wildman–Crippen LogP) is 3.04. The van der Waals surface area contributed by atoms with Crippen molar-refractivity contribution < 1.29 is 4.21 Å². The van der Waals surface area contributed by atoms with Crippen LogP contribution in [0.4, 0.5) is 0 Å². The topological polar surface area (TPSA) is 20.3 Å². The lowest BCUT2D eigenvalue weighted by atomic mass is 10.1. The molecule has 1 aliphatic rings. The van der Waals surface area contributed by atoms with Gasteiger partial charge in [-0.25, -0.2) is 8.51 Å². The first-order valence-corrected chi connectivity index (χ1v) is 6.96. The normalized spacial score (nSPS) is 28.9. The molecule has 0 aromatic carbocycles. The van der Waals surface area contributed by atoms with Crippen molar-refractivity contribution in [3.05, 3.63) is 25.3 Å². The second-order valence-corrected chi connectivity index (χ2v) is 7.42. The smallest absolute Gasteiger partial charge is 0.101 e. The Bertz CT molecular complexity index is 293. The van der Waals surface area contributed by atoms with Gasteiger partial charge in [0.05, 0.1) is 4.75 Å². The maximum atomic E-state index is 12.5. The van der Waals surface area contributed by atoms with E-state index in [1.165, 1.54) is 0 Å². The second kappa shape index (κ2) is 5.28. The number of hydrogen-bond donors (Lipinski definition) is 0. The van der Waals surface area contributed by atoms with Crippen molar-refractivity contribution in [2.75, 3.05) is 0 Å². The van der Waals surface area contributed by atoms with Crippen molar-refractivity contribution in [2.24, 2.45) is 0 Å². The first-order valence-electron chi connectivity index (χ1n) is 5.85. The zero-order valence-electron chi connectivity index (χ0n) is 10.6. The molecule has 0 bridgehead atoms. The van der Waals surface area contributed by atoms with Gasteiger partial charge < -0.3 is 0 Å². The molecule has 3 heteroatoms. The van der Waals surface area contributed by atoms with Crippen molar-refractivity contribution in [2.45, 2.75) is 56.9 Å². The molecule has 0 saturated carbocycles. The first kappa shape index (κ1) is 13.7. The lowest BCUT2D eigenvalue weighted by Crippen LogP contribution is -2.43. The highest BCUT2D eigenvalue weighted by molar-refractivity contribution is 7.84. The van der Waals surface area contributed by atoms with Gasteiger partial charge in [0.1, 0.15) is 11.0 Å². The molecule has 16 heavy (non-hydrogen) atoms. The summed E-state index contributed by atoms with van der Waals surface area (Å²) in [5.74, 6) is 0. The number of nitrogens with zero attached hydrogens (tertiary/aromatic N) is 1. The first-order chi connectivity index (χ1) is 7.41. The fourth-order valence-electron chi connectivity index (χ4n) is 2.10. The number of rotatable bonds is 4. The van der Waals surface area contributed by atoms with Crippen LogP contribution in [0.5, 0.6) is 0 Å². The van der Waals surface area contributed by atoms with E-state index >= 15 is 0 Å². The van der Waals surface area contributed by atoms with Gasteiger partial charge in [-0.1, -0.05) is 12.2 Å². The van der Waals surface area contributed by atoms with Gasteiger partial charge in [0.15, 0.2) is 0 Å². The van der Waals surface area contributed by atoms with Crippen molar-refractivity contribution in [3.8, 4) is 0 Å². The quantitative estimate of drug-likeness (QED) is 0.693. The molecule has 2 nitrogen and oxygen atoms in total. The summed E-state index contributed by atoms with van der Waals surface area (Å²) < 4.78 is 14.4. The minimum absolute atomic E-state index is 0.203. The van der Waals surface area contributed by atoms with Gasteiger partial charge in [0.25, 0.3) is 0 Å². The van der Waals surface area contributed by atoms with Gasteiger partial charge in [-0.15, -0.1) is 13.2 Å². The zero-order valence-corrected chi connectivity index (χ0v) is 11.4. The minimum atomic E-state index is -0.960. The maximum absolute atomic E-state index is 12.5. The molecular formula is C13H23NOS. The summed E-state index contributed by atoms with van der Waals surface area (Å²) in [6, 6.07) is 0.616. The molecular weight excluding hydrogens is 218 g/mol. The lowest BCUT2D eigenvalue weighted by Gasteiger charge is -2.32. The van der Waals surface area contributed by atoms with Crippen molar-refractivity contribution >= 4 is 11.0 Å². The third-order valence-corrected chi connectivity index (χ3v) is 4.91. The van der Waals surface area contributed by atoms with Crippen LogP contribution in [0.15, 0.2) is 25.3 Å². The van der Waals surface area contributed by atoms with Gasteiger partial charge >= 0.3 is 0 Å². The molecule has 1 fully saturated rings. The molecule has 0 aromatic heterocycles. The van der Waals surface area contributed by atoms with Gasteiger partial charge in [-0.05, 0) is 40.0 Å². The van der Waals surface area contributed by atoms with E-state index < -0.39 is 11.0 Å². The van der Waals surface area contributed by atoms with Gasteiger partial charge in [0.2, 0.25) is 0 Å². The Morgan fingerprint density at radius 2 is 2.00 bits per heavy atom. The summed E-state index contributed by atoms with van der Waals surface area (Å²) in [4.78, 5) is 0. The predicted molar refractivity (Wildman–Crippen MR) is 71.6 cm³/mol. The van der Waals surface area contributed by atoms with E-state index in [0.717, 1.165) is 19.3 Å². The van der Waals surface area contributed by atoms with Crippen LogP contribution in [0.25, 0.3) is 0 Å². The Morgan fingerprint density at radius 3 is 2.44 bits per heavy atom. The van der Waals surface area contributed by atoms with E-state index in [2.05, 4.69) is 17.5 Å². The van der Waals surface area contributed by atoms with E-state index in [4.69, 9.17) is 0 Å². The standard InChI is InChI=1S/C13H23NOS/c1-6-8-12-10-9-11(7-2)14(12)16(15)13(3,4)5/h6-7,11-12H,1-2,8-10H2,3-5H3/t11-,12+,16-/m1/s1. The molecule has 1 aliphatic heterocycles. The second-order valence-electron chi connectivity index (χ2n) is 5.28. The Hall–Kier alpha value is -0.410. The maximum Gasteiger partial charge on any atom is 0.101 e. The molecule has 92 valence electrons. The SMILES string of the molecule is C=CC[C@H]1CC[C@@H](C=C)N1[S@](=O)C(C)(C)C. The third kappa shape index (κ3) is 2.83. The van der Waals surface area contributed by atoms with Crippen LogP contribution >= 0.6 is 0 Å². The van der Waals surface area contributed by atoms with E-state index in [0.29, 0.717) is 6.04 Å². The summed E-state index contributed by atoms with van der Waals surface area (Å²) >= 11 is 0. The van der Waals surface area contributed by atoms with Crippen LogP contribution in [0.1, 0.15) is 40.0 Å². The van der Waals surface area contributed by atoms with Gasteiger partial charge in [-0.2, -0.15) is 0 Å². The van der Waals surface area contributed by atoms with E-state index in [1.54, 1.807) is 0 Å². The summed E-state index contributed by atoms with van der Waals surface area (Å²) in [5.41, 5.74) is 0. The molecule has 0 aliphatic carbocycles. The Labute approximate surface area is 102 Å². The average Bonchev–Trinajstić information content (AvgIpc) is 2.58. The molecule has 3 atom stereocenters. The largest absolute Gasteiger partial charge is 0.242 e. The molecule has 0 spiro atoms. The summed E-state index contributed by atoms with van der Waals surface area (Å²) in [7, 11) is -0.960. The summed E-state index contributed by atoms with van der Waals surface area (Å²) in [5, 5.41) is 0. The fourth-order valence-corrected chi connectivity index (χ4v) is 3.63. The van der Waals surface area contributed by atoms with E-state index in [-0.39, 0.29) is 10.8 Å². The highest BCUT2D eigenvalue weighted by Crippen LogP contribution is 2.32. The Kier molecular flexibility index (Phi) is 4.51. The molecule has 0 amide bonds. The number of hydrogen-bond acceptors (Lipinski definition) is 1. The zero-order chi connectivity index (χ0) is 12.3. The summed E-state index contributed by atoms with van der Waals surface area (Å²) in [6.07, 6.45) is 6.90. The van der Waals surface area contributed by atoms with Gasteiger partial charge in [-0.3, -0.25) is 0 Å².